The van der Waals surface area contributed by atoms with Crippen molar-refractivity contribution in [3.8, 4) is 0 Å². The normalized spacial score (nSPS) is 2.40. The topological polar surface area (TPSA) is 49.7 Å². The predicted molar refractivity (Wildman–Crippen MR) is 25.1 cm³/mol. The molecule has 0 bridgehead atoms. The second-order valence-electron chi connectivity index (χ2n) is 0.0816. The van der Waals surface area contributed by atoms with Crippen molar-refractivity contribution in [1.82, 2.24) is 0 Å². The molecule has 0 aliphatic heterocycles. The Labute approximate surface area is 58.4 Å². The Balaban J connectivity index is -0.0000000200. The van der Waals surface area contributed by atoms with Crippen LogP contribution in [0.3, 0.4) is 0 Å². The molecule has 1 N–H and O–H groups in total. The fraction of sp³-hybridized carbons (Fsp3) is 0. The standard InChI is InChI=1S/HNO2.Na.H2S.H/c2-1-3;;;/h(H,2,3);;1H2;. The van der Waals surface area contributed by atoms with E-state index in [1.165, 1.54) is 5.34 Å². The molecule has 0 fully saturated rings. The Bertz CT molecular complexity index is 17.1. The van der Waals surface area contributed by atoms with E-state index in [-0.39, 0.29) is 43.1 Å². The van der Waals surface area contributed by atoms with Crippen LogP contribution in [0.25, 0.3) is 0 Å². The van der Waals surface area contributed by atoms with Crippen LogP contribution in [0, 0.1) is 4.91 Å². The first-order valence-electron chi connectivity index (χ1n) is 0.383. The summed E-state index contributed by atoms with van der Waals surface area (Å²) in [7, 11) is 0. The number of hydrogen-bond donors (Lipinski definition) is 1. The molecule has 0 heterocycles. The zero-order chi connectivity index (χ0) is 2.71. The molecule has 0 atom stereocenters. The van der Waals surface area contributed by atoms with Crippen LogP contribution >= 0.6 is 13.5 Å². The molecule has 0 amide bonds. The molecular formula is H4NNaO2S. The average Bonchev–Trinajstić information content (AvgIpc) is 0.918. The minimum atomic E-state index is 0. The van der Waals surface area contributed by atoms with E-state index in [0.717, 1.165) is 0 Å². The molecule has 0 aromatic rings. The van der Waals surface area contributed by atoms with Gasteiger partial charge in [0.25, 0.3) is 0 Å². The number of nitrogens with zero attached hydrogens (tertiary/aromatic N) is 1. The van der Waals surface area contributed by atoms with Gasteiger partial charge in [-0.1, -0.05) is 0 Å². The summed E-state index contributed by atoms with van der Waals surface area (Å²) < 4.78 is 0. The van der Waals surface area contributed by atoms with Gasteiger partial charge in [0.1, 0.15) is 0 Å². The van der Waals surface area contributed by atoms with Crippen LogP contribution in [0.5, 0.6) is 0 Å². The zero-order valence-corrected chi connectivity index (χ0v) is 2.80. The van der Waals surface area contributed by atoms with Crippen molar-refractivity contribution in [2.75, 3.05) is 0 Å². The van der Waals surface area contributed by atoms with E-state index < -0.39 is 0 Å². The van der Waals surface area contributed by atoms with Gasteiger partial charge in [0, 0.05) is 0 Å². The number of hydrogen-bond acceptors (Lipinski definition) is 2. The van der Waals surface area contributed by atoms with Gasteiger partial charge >= 0.3 is 29.6 Å². The van der Waals surface area contributed by atoms with Crippen molar-refractivity contribution in [3.05, 3.63) is 4.91 Å². The van der Waals surface area contributed by atoms with Gasteiger partial charge in [0.15, 0.2) is 5.34 Å². The van der Waals surface area contributed by atoms with Crippen LogP contribution in [0.15, 0.2) is 5.34 Å². The fourth-order valence-corrected chi connectivity index (χ4v) is 0. The fourth-order valence-electron chi connectivity index (χ4n) is 0. The molecule has 5 heteroatoms. The first-order chi connectivity index (χ1) is 1.41. The van der Waals surface area contributed by atoms with Crippen molar-refractivity contribution in [3.63, 3.8) is 0 Å². The van der Waals surface area contributed by atoms with Crippen LogP contribution in [0.1, 0.15) is 0 Å². The molecule has 0 radical (unpaired) electrons. The molecule has 0 saturated heterocycles. The van der Waals surface area contributed by atoms with Gasteiger partial charge in [-0.15, -0.1) is 4.91 Å². The molecule has 0 rings (SSSR count). The Hall–Kier alpha value is 0.750. The van der Waals surface area contributed by atoms with Gasteiger partial charge in [-0.05, 0) is 0 Å². The summed E-state index contributed by atoms with van der Waals surface area (Å²) >= 11 is 0. The molecule has 0 unspecified atom stereocenters. The zero-order valence-electron chi connectivity index (χ0n) is 1.80. The molecule has 0 aromatic heterocycles. The van der Waals surface area contributed by atoms with Gasteiger partial charge in [-0.3, -0.25) is 0 Å². The van der Waals surface area contributed by atoms with E-state index in [1.54, 1.807) is 0 Å². The second-order valence-corrected chi connectivity index (χ2v) is 0.0816. The summed E-state index contributed by atoms with van der Waals surface area (Å²) in [5.41, 5.74) is 0. The van der Waals surface area contributed by atoms with Crippen LogP contribution in [0.2, 0.25) is 0 Å². The second kappa shape index (κ2) is 21.8. The maximum absolute atomic E-state index is 8.11. The van der Waals surface area contributed by atoms with E-state index in [0.29, 0.717) is 0 Å². The summed E-state index contributed by atoms with van der Waals surface area (Å²) in [6, 6.07) is 0. The summed E-state index contributed by atoms with van der Waals surface area (Å²) in [6.45, 7) is 0. The van der Waals surface area contributed by atoms with Crippen molar-refractivity contribution in [2.24, 2.45) is 5.34 Å². The molecule has 0 aliphatic rings. The summed E-state index contributed by atoms with van der Waals surface area (Å²) in [5.74, 6) is 0. The average molecular weight is 105 g/mol. The summed E-state index contributed by atoms with van der Waals surface area (Å²) in [4.78, 5) is 8.11. The van der Waals surface area contributed by atoms with E-state index in [2.05, 4.69) is 0 Å². The van der Waals surface area contributed by atoms with Gasteiger partial charge in [-0.25, -0.2) is 0 Å². The maximum atomic E-state index is 8.11. The SMILES string of the molecule is O=NO.S.[NaH]. The van der Waals surface area contributed by atoms with Gasteiger partial charge in [-0.2, -0.15) is 13.5 Å². The molecule has 3 nitrogen and oxygen atoms in total. The summed E-state index contributed by atoms with van der Waals surface area (Å²) in [5, 5.41) is 7.89. The Morgan fingerprint density at radius 3 is 1.60 bits per heavy atom. The van der Waals surface area contributed by atoms with Gasteiger partial charge in [0.2, 0.25) is 0 Å². The Kier molecular flexibility index (Phi) is 74.8. The Morgan fingerprint density at radius 2 is 1.60 bits per heavy atom. The van der Waals surface area contributed by atoms with Crippen LogP contribution < -0.4 is 0 Å². The third-order valence-corrected chi connectivity index (χ3v) is 0. The van der Waals surface area contributed by atoms with Crippen LogP contribution in [0.4, 0.5) is 0 Å². The van der Waals surface area contributed by atoms with Gasteiger partial charge < -0.3 is 5.21 Å². The molecule has 0 saturated carbocycles. The molecule has 28 valence electrons. The van der Waals surface area contributed by atoms with Crippen molar-refractivity contribution in [2.45, 2.75) is 0 Å². The minimum absolute atomic E-state index is 0. The molecule has 0 spiro atoms. The van der Waals surface area contributed by atoms with Crippen molar-refractivity contribution >= 4 is 43.1 Å². The summed E-state index contributed by atoms with van der Waals surface area (Å²) in [6.07, 6.45) is 0. The van der Waals surface area contributed by atoms with E-state index in [9.17, 15) is 0 Å². The molecule has 0 aliphatic carbocycles. The Morgan fingerprint density at radius 1 is 1.60 bits per heavy atom. The van der Waals surface area contributed by atoms with E-state index in [1.807, 2.05) is 0 Å². The molecule has 5 heavy (non-hydrogen) atoms. The first-order valence-corrected chi connectivity index (χ1v) is 0.383. The third kappa shape index (κ3) is 63.9. The third-order valence-electron chi connectivity index (χ3n) is 0. The molecule has 0 aromatic carbocycles. The predicted octanol–water partition coefficient (Wildman–Crippen LogP) is -0.394. The quantitative estimate of drug-likeness (QED) is 0.259. The van der Waals surface area contributed by atoms with E-state index >= 15 is 0 Å². The first kappa shape index (κ1) is 17.2. The number of rotatable bonds is 0. The molecular weight excluding hydrogens is 101 g/mol. The van der Waals surface area contributed by atoms with Crippen LogP contribution in [-0.4, -0.2) is 34.8 Å². The van der Waals surface area contributed by atoms with Crippen molar-refractivity contribution in [1.29, 1.82) is 0 Å². The monoisotopic (exact) mass is 105 g/mol. The van der Waals surface area contributed by atoms with Crippen LogP contribution in [-0.2, 0) is 0 Å². The van der Waals surface area contributed by atoms with Crippen molar-refractivity contribution < 1.29 is 5.21 Å². The van der Waals surface area contributed by atoms with Gasteiger partial charge in [0.05, 0.1) is 0 Å². The van der Waals surface area contributed by atoms with E-state index in [4.69, 9.17) is 10.1 Å².